The normalized spacial score (nSPS) is 15.7. The molecule has 8 heteroatoms. The zero-order valence-corrected chi connectivity index (χ0v) is 15.0. The number of urea groups is 1. The number of carbonyl (C=O) groups is 1. The van der Waals surface area contributed by atoms with Crippen LogP contribution in [0.5, 0.6) is 0 Å². The van der Waals surface area contributed by atoms with E-state index in [1.54, 1.807) is 30.3 Å². The summed E-state index contributed by atoms with van der Waals surface area (Å²) in [6.45, 7) is 4.41. The fourth-order valence-corrected chi connectivity index (χ4v) is 3.41. The van der Waals surface area contributed by atoms with Crippen molar-refractivity contribution in [2.75, 3.05) is 46.8 Å². The van der Waals surface area contributed by atoms with Crippen LogP contribution in [0.25, 0.3) is 10.7 Å². The summed E-state index contributed by atoms with van der Waals surface area (Å²) in [6, 6.07) is 4.08. The van der Waals surface area contributed by atoms with Crippen molar-refractivity contribution in [2.24, 2.45) is 0 Å². The van der Waals surface area contributed by atoms with Crippen molar-refractivity contribution in [2.45, 2.75) is 12.8 Å². The first-order valence-electron chi connectivity index (χ1n) is 8.18. The lowest BCUT2D eigenvalue weighted by atomic mass is 10.2. The number of piperazine rings is 1. The second-order valence-electron chi connectivity index (χ2n) is 6.10. The maximum Gasteiger partial charge on any atom is 0.319 e. The van der Waals surface area contributed by atoms with Gasteiger partial charge in [-0.3, -0.25) is 4.90 Å². The Morgan fingerprint density at radius 1 is 1.33 bits per heavy atom. The first-order chi connectivity index (χ1) is 11.6. The monoisotopic (exact) mass is 349 g/mol. The van der Waals surface area contributed by atoms with Crippen molar-refractivity contribution in [3.05, 3.63) is 23.4 Å². The van der Waals surface area contributed by atoms with Gasteiger partial charge in [-0.1, -0.05) is 11.2 Å². The molecule has 3 rings (SSSR count). The van der Waals surface area contributed by atoms with Crippen LogP contribution in [0, 0.1) is 0 Å². The van der Waals surface area contributed by atoms with E-state index >= 15 is 0 Å². The average Bonchev–Trinajstić information content (AvgIpc) is 3.26. The SMILES string of the molecule is CN(C)C(=O)N1CCN(CCCc2nc(-c3cccs3)no2)CC1. The Balaban J connectivity index is 1.39. The molecule has 0 spiro atoms. The number of nitrogens with zero attached hydrogens (tertiary/aromatic N) is 5. The number of aromatic nitrogens is 2. The molecule has 0 bridgehead atoms. The standard InChI is InChI=1S/C16H23N5O2S/c1-19(2)16(22)21-10-8-20(9-11-21)7-3-6-14-17-15(18-23-14)13-5-4-12-24-13/h4-5,12H,3,6-11H2,1-2H3. The van der Waals surface area contributed by atoms with Crippen molar-refractivity contribution >= 4 is 17.4 Å². The Labute approximate surface area is 145 Å². The summed E-state index contributed by atoms with van der Waals surface area (Å²) in [5.41, 5.74) is 0. The van der Waals surface area contributed by atoms with Crippen LogP contribution in [0.1, 0.15) is 12.3 Å². The van der Waals surface area contributed by atoms with Gasteiger partial charge in [-0.15, -0.1) is 11.3 Å². The lowest BCUT2D eigenvalue weighted by molar-refractivity contribution is 0.122. The van der Waals surface area contributed by atoms with Crippen LogP contribution in [-0.4, -0.2) is 77.7 Å². The van der Waals surface area contributed by atoms with E-state index < -0.39 is 0 Å². The van der Waals surface area contributed by atoms with Crippen molar-refractivity contribution in [3.63, 3.8) is 0 Å². The van der Waals surface area contributed by atoms with E-state index in [1.165, 1.54) is 0 Å². The Bertz CT molecular complexity index is 647. The van der Waals surface area contributed by atoms with Gasteiger partial charge in [0.05, 0.1) is 4.88 Å². The van der Waals surface area contributed by atoms with Gasteiger partial charge in [-0.2, -0.15) is 4.98 Å². The largest absolute Gasteiger partial charge is 0.339 e. The summed E-state index contributed by atoms with van der Waals surface area (Å²) in [5, 5.41) is 6.04. The van der Waals surface area contributed by atoms with Crippen LogP contribution in [0.4, 0.5) is 4.79 Å². The van der Waals surface area contributed by atoms with Gasteiger partial charge in [0.1, 0.15) is 0 Å². The predicted octanol–water partition coefficient (Wildman–Crippen LogP) is 2.03. The van der Waals surface area contributed by atoms with Crippen molar-refractivity contribution in [1.82, 2.24) is 24.8 Å². The quantitative estimate of drug-likeness (QED) is 0.826. The van der Waals surface area contributed by atoms with E-state index in [9.17, 15) is 4.79 Å². The molecule has 0 saturated carbocycles. The molecule has 2 aromatic heterocycles. The summed E-state index contributed by atoms with van der Waals surface area (Å²) in [6.07, 6.45) is 1.77. The van der Waals surface area contributed by atoms with Crippen molar-refractivity contribution in [1.29, 1.82) is 0 Å². The Morgan fingerprint density at radius 3 is 2.79 bits per heavy atom. The molecule has 0 radical (unpaired) electrons. The van der Waals surface area contributed by atoms with Crippen LogP contribution in [0.2, 0.25) is 0 Å². The van der Waals surface area contributed by atoms with E-state index in [-0.39, 0.29) is 6.03 Å². The summed E-state index contributed by atoms with van der Waals surface area (Å²) in [5.74, 6) is 1.37. The summed E-state index contributed by atoms with van der Waals surface area (Å²) < 4.78 is 5.32. The number of amides is 2. The molecule has 0 atom stereocenters. The van der Waals surface area contributed by atoms with E-state index in [1.807, 2.05) is 22.4 Å². The minimum absolute atomic E-state index is 0.0987. The van der Waals surface area contributed by atoms with E-state index in [0.717, 1.165) is 50.4 Å². The van der Waals surface area contributed by atoms with Gasteiger partial charge in [0, 0.05) is 46.7 Å². The third-order valence-corrected chi connectivity index (χ3v) is 4.97. The highest BCUT2D eigenvalue weighted by atomic mass is 32.1. The lowest BCUT2D eigenvalue weighted by Gasteiger charge is -2.35. The Hall–Kier alpha value is -1.93. The van der Waals surface area contributed by atoms with Crippen LogP contribution in [-0.2, 0) is 6.42 Å². The molecule has 1 saturated heterocycles. The fraction of sp³-hybridized carbons (Fsp3) is 0.562. The molecule has 7 nitrogen and oxygen atoms in total. The highest BCUT2D eigenvalue weighted by Gasteiger charge is 2.21. The van der Waals surface area contributed by atoms with Crippen molar-refractivity contribution < 1.29 is 9.32 Å². The third-order valence-electron chi connectivity index (χ3n) is 4.10. The van der Waals surface area contributed by atoms with Gasteiger partial charge >= 0.3 is 6.03 Å². The smallest absolute Gasteiger partial charge is 0.319 e. The Morgan fingerprint density at radius 2 is 2.12 bits per heavy atom. The number of thiophene rings is 1. The topological polar surface area (TPSA) is 65.7 Å². The highest BCUT2D eigenvalue weighted by molar-refractivity contribution is 7.13. The van der Waals surface area contributed by atoms with Gasteiger partial charge in [-0.05, 0) is 24.4 Å². The number of aryl methyl sites for hydroxylation is 1. The maximum absolute atomic E-state index is 11.9. The van der Waals surface area contributed by atoms with Crippen LogP contribution in [0.3, 0.4) is 0 Å². The van der Waals surface area contributed by atoms with Crippen LogP contribution in [0.15, 0.2) is 22.0 Å². The molecule has 24 heavy (non-hydrogen) atoms. The number of rotatable bonds is 5. The van der Waals surface area contributed by atoms with E-state index in [0.29, 0.717) is 11.7 Å². The fourth-order valence-electron chi connectivity index (χ4n) is 2.76. The Kier molecular flexibility index (Phi) is 5.47. The molecule has 3 heterocycles. The number of hydrogen-bond acceptors (Lipinski definition) is 6. The minimum atomic E-state index is 0.0987. The number of hydrogen-bond donors (Lipinski definition) is 0. The minimum Gasteiger partial charge on any atom is -0.339 e. The van der Waals surface area contributed by atoms with Crippen LogP contribution < -0.4 is 0 Å². The molecular weight excluding hydrogens is 326 g/mol. The zero-order chi connectivity index (χ0) is 16.9. The second kappa shape index (κ2) is 7.76. The van der Waals surface area contributed by atoms with Gasteiger partial charge < -0.3 is 14.3 Å². The molecule has 0 unspecified atom stereocenters. The average molecular weight is 349 g/mol. The highest BCUT2D eigenvalue weighted by Crippen LogP contribution is 2.21. The first kappa shape index (κ1) is 16.9. The molecule has 1 aliphatic rings. The molecule has 0 aromatic carbocycles. The predicted molar refractivity (Wildman–Crippen MR) is 93.0 cm³/mol. The molecule has 2 aromatic rings. The van der Waals surface area contributed by atoms with Crippen LogP contribution >= 0.6 is 11.3 Å². The summed E-state index contributed by atoms with van der Waals surface area (Å²) in [7, 11) is 3.59. The zero-order valence-electron chi connectivity index (χ0n) is 14.1. The van der Waals surface area contributed by atoms with Gasteiger partial charge in [0.25, 0.3) is 0 Å². The molecule has 0 N–H and O–H groups in total. The van der Waals surface area contributed by atoms with E-state index in [2.05, 4.69) is 15.0 Å². The third kappa shape index (κ3) is 4.12. The van der Waals surface area contributed by atoms with Crippen molar-refractivity contribution in [3.8, 4) is 10.7 Å². The molecule has 2 amide bonds. The lowest BCUT2D eigenvalue weighted by Crippen LogP contribution is -2.51. The maximum atomic E-state index is 11.9. The summed E-state index contributed by atoms with van der Waals surface area (Å²) >= 11 is 1.61. The van der Waals surface area contributed by atoms with Gasteiger partial charge in [0.2, 0.25) is 11.7 Å². The van der Waals surface area contributed by atoms with E-state index in [4.69, 9.17) is 4.52 Å². The van der Waals surface area contributed by atoms with Gasteiger partial charge in [0.15, 0.2) is 0 Å². The molecule has 1 aliphatic heterocycles. The molecule has 1 fully saturated rings. The number of carbonyl (C=O) groups excluding carboxylic acids is 1. The summed E-state index contributed by atoms with van der Waals surface area (Å²) in [4.78, 5) is 23.3. The molecule has 130 valence electrons. The molecule has 0 aliphatic carbocycles. The molecular formula is C16H23N5O2S. The van der Waals surface area contributed by atoms with Gasteiger partial charge in [-0.25, -0.2) is 4.79 Å². The second-order valence-corrected chi connectivity index (χ2v) is 7.05. The first-order valence-corrected chi connectivity index (χ1v) is 9.06.